The van der Waals surface area contributed by atoms with E-state index in [9.17, 15) is 19.5 Å². The number of hydrogen-bond donors (Lipinski definition) is 3. The Morgan fingerprint density at radius 1 is 0.527 bits per heavy atom. The zero-order chi connectivity index (χ0) is 40.3. The summed E-state index contributed by atoms with van der Waals surface area (Å²) in [5.74, 6) is -1.23. The van der Waals surface area contributed by atoms with Crippen molar-refractivity contribution in [3.05, 3.63) is 24.3 Å². The van der Waals surface area contributed by atoms with Crippen molar-refractivity contribution in [3.63, 3.8) is 0 Å². The van der Waals surface area contributed by atoms with Gasteiger partial charge in [-0.2, -0.15) is 0 Å². The number of carboxylic acids is 1. The molecule has 4 N–H and O–H groups in total. The van der Waals surface area contributed by atoms with Crippen molar-refractivity contribution in [1.82, 2.24) is 5.32 Å². The molecule has 7 heteroatoms. The SMILES string of the molecule is CCCC/C=C\C/C=C\CCCCCCCC(=O)OC(CCCCCCCCCCCCCCCCC)CCCCCCCC(=O)NC(CCCN)C(=O)O. The van der Waals surface area contributed by atoms with E-state index in [2.05, 4.69) is 43.5 Å². The lowest BCUT2D eigenvalue weighted by molar-refractivity contribution is -0.150. The highest BCUT2D eigenvalue weighted by atomic mass is 16.5. The summed E-state index contributed by atoms with van der Waals surface area (Å²) in [5.41, 5.74) is 5.49. The molecule has 0 rings (SSSR count). The van der Waals surface area contributed by atoms with Crippen LogP contribution in [0.2, 0.25) is 0 Å². The Morgan fingerprint density at radius 3 is 1.45 bits per heavy atom. The van der Waals surface area contributed by atoms with E-state index in [0.29, 0.717) is 32.2 Å². The van der Waals surface area contributed by atoms with Crippen LogP contribution in [0, 0.1) is 0 Å². The summed E-state index contributed by atoms with van der Waals surface area (Å²) >= 11 is 0. The van der Waals surface area contributed by atoms with Gasteiger partial charge in [-0.3, -0.25) is 9.59 Å². The molecule has 0 radical (unpaired) electrons. The van der Waals surface area contributed by atoms with Gasteiger partial charge in [-0.05, 0) is 83.6 Å². The van der Waals surface area contributed by atoms with E-state index in [1.807, 2.05) is 0 Å². The number of ether oxygens (including phenoxy) is 1. The van der Waals surface area contributed by atoms with Crippen molar-refractivity contribution >= 4 is 17.8 Å². The van der Waals surface area contributed by atoms with Crippen molar-refractivity contribution in [2.75, 3.05) is 6.54 Å². The van der Waals surface area contributed by atoms with E-state index < -0.39 is 12.0 Å². The Bertz CT molecular complexity index is 920. The first kappa shape index (κ1) is 52.9. The van der Waals surface area contributed by atoms with Gasteiger partial charge in [0.1, 0.15) is 12.1 Å². The third-order valence-corrected chi connectivity index (χ3v) is 10.8. The Hall–Kier alpha value is -2.15. The molecule has 0 aromatic rings. The zero-order valence-electron chi connectivity index (χ0n) is 36.3. The summed E-state index contributed by atoms with van der Waals surface area (Å²) in [7, 11) is 0. The lowest BCUT2D eigenvalue weighted by Crippen LogP contribution is -2.40. The fourth-order valence-electron chi connectivity index (χ4n) is 7.17. The molecule has 0 saturated heterocycles. The van der Waals surface area contributed by atoms with Crippen molar-refractivity contribution in [3.8, 4) is 0 Å². The number of nitrogens with two attached hydrogens (primary N) is 1. The van der Waals surface area contributed by atoms with Crippen LogP contribution >= 0.6 is 0 Å². The molecular weight excluding hydrogens is 685 g/mol. The molecule has 0 aliphatic carbocycles. The molecule has 0 aromatic carbocycles. The van der Waals surface area contributed by atoms with Crippen molar-refractivity contribution in [2.45, 2.75) is 257 Å². The number of allylic oxidation sites excluding steroid dienone is 4. The van der Waals surface area contributed by atoms with E-state index in [0.717, 1.165) is 77.0 Å². The largest absolute Gasteiger partial charge is 0.480 e. The first-order chi connectivity index (χ1) is 26.9. The lowest BCUT2D eigenvalue weighted by Gasteiger charge is -2.18. The topological polar surface area (TPSA) is 119 Å². The third-order valence-electron chi connectivity index (χ3n) is 10.8. The molecule has 0 saturated carbocycles. The van der Waals surface area contributed by atoms with E-state index in [1.54, 1.807) is 0 Å². The van der Waals surface area contributed by atoms with Crippen molar-refractivity contribution < 1.29 is 24.2 Å². The molecule has 0 aliphatic heterocycles. The normalized spacial score (nSPS) is 12.8. The van der Waals surface area contributed by atoms with Crippen LogP contribution < -0.4 is 11.1 Å². The van der Waals surface area contributed by atoms with Crippen LogP contribution in [-0.2, 0) is 19.1 Å². The standard InChI is InChI=1S/C48H90N2O5/c1-3-5-7-9-11-13-15-17-19-20-22-24-26-29-33-38-44(39-34-30-28-31-35-41-46(51)50-45(48(53)54)40-37-43-49)55-47(52)42-36-32-27-25-23-21-18-16-14-12-10-8-6-4-2/h10,12,16,18,44-45H,3-9,11,13-15,17,19-43,49H2,1-2H3,(H,50,51)(H,53,54)/b12-10-,18-16-. The molecule has 7 nitrogen and oxygen atoms in total. The van der Waals surface area contributed by atoms with Crippen LogP contribution in [0.1, 0.15) is 245 Å². The van der Waals surface area contributed by atoms with E-state index in [-0.39, 0.29) is 18.0 Å². The summed E-state index contributed by atoms with van der Waals surface area (Å²) in [6, 6.07) is -0.856. The summed E-state index contributed by atoms with van der Waals surface area (Å²) < 4.78 is 6.06. The predicted molar refractivity (Wildman–Crippen MR) is 234 cm³/mol. The molecule has 55 heavy (non-hydrogen) atoms. The third kappa shape index (κ3) is 39.9. The monoisotopic (exact) mass is 775 g/mol. The second kappa shape index (κ2) is 43.0. The minimum absolute atomic E-state index is 0.00926. The first-order valence-corrected chi connectivity index (χ1v) is 23.7. The van der Waals surface area contributed by atoms with E-state index >= 15 is 0 Å². The highest BCUT2D eigenvalue weighted by Gasteiger charge is 2.19. The van der Waals surface area contributed by atoms with Gasteiger partial charge in [0.25, 0.3) is 0 Å². The fourth-order valence-corrected chi connectivity index (χ4v) is 7.17. The second-order valence-electron chi connectivity index (χ2n) is 16.2. The van der Waals surface area contributed by atoms with Crippen molar-refractivity contribution in [1.29, 1.82) is 0 Å². The Morgan fingerprint density at radius 2 is 0.964 bits per heavy atom. The van der Waals surface area contributed by atoms with Crippen LogP contribution in [0.3, 0.4) is 0 Å². The van der Waals surface area contributed by atoms with E-state index in [1.165, 1.54) is 128 Å². The molecule has 2 atom stereocenters. The lowest BCUT2D eigenvalue weighted by atomic mass is 10.0. The Balaban J connectivity index is 4.33. The highest BCUT2D eigenvalue weighted by Crippen LogP contribution is 2.19. The molecule has 0 aliphatic rings. The minimum atomic E-state index is -1.00. The molecule has 322 valence electrons. The fraction of sp³-hybridized carbons (Fsp3) is 0.854. The van der Waals surface area contributed by atoms with Crippen molar-refractivity contribution in [2.24, 2.45) is 5.73 Å². The van der Waals surface area contributed by atoms with Crippen LogP contribution in [0.25, 0.3) is 0 Å². The summed E-state index contributed by atoms with van der Waals surface area (Å²) in [4.78, 5) is 36.5. The number of carbonyl (C=O) groups excluding carboxylic acids is 2. The van der Waals surface area contributed by atoms with Gasteiger partial charge in [-0.25, -0.2) is 4.79 Å². The average Bonchev–Trinajstić information content (AvgIpc) is 3.17. The number of amides is 1. The maximum Gasteiger partial charge on any atom is 0.326 e. The van der Waals surface area contributed by atoms with Gasteiger partial charge in [0.05, 0.1) is 0 Å². The second-order valence-corrected chi connectivity index (χ2v) is 16.2. The zero-order valence-corrected chi connectivity index (χ0v) is 36.3. The number of carboxylic acid groups (broad SMARTS) is 1. The number of unbranched alkanes of at least 4 members (excludes halogenated alkanes) is 25. The molecule has 0 fully saturated rings. The number of aliphatic carboxylic acids is 1. The molecule has 0 spiro atoms. The summed E-state index contributed by atoms with van der Waals surface area (Å²) in [6.07, 6.45) is 49.4. The van der Waals surface area contributed by atoms with E-state index in [4.69, 9.17) is 10.5 Å². The smallest absolute Gasteiger partial charge is 0.326 e. The quantitative estimate of drug-likeness (QED) is 0.0322. The van der Waals surface area contributed by atoms with Crippen LogP contribution in [0.4, 0.5) is 0 Å². The molecule has 0 heterocycles. The Labute approximate surface area is 340 Å². The van der Waals surface area contributed by atoms with Gasteiger partial charge in [0.2, 0.25) is 5.91 Å². The number of carbonyl (C=O) groups is 3. The van der Waals surface area contributed by atoms with Gasteiger partial charge in [-0.1, -0.05) is 179 Å². The number of nitrogens with one attached hydrogen (secondary N) is 1. The number of rotatable bonds is 43. The minimum Gasteiger partial charge on any atom is -0.480 e. The maximum absolute atomic E-state index is 12.8. The maximum atomic E-state index is 12.8. The molecular formula is C48H90N2O5. The van der Waals surface area contributed by atoms with Crippen LogP contribution in [-0.4, -0.2) is 41.6 Å². The van der Waals surface area contributed by atoms with Gasteiger partial charge < -0.3 is 20.9 Å². The summed E-state index contributed by atoms with van der Waals surface area (Å²) in [6.45, 7) is 4.92. The number of esters is 1. The Kier molecular flexibility index (Phi) is 41.3. The highest BCUT2D eigenvalue weighted by molar-refractivity contribution is 5.83. The summed E-state index contributed by atoms with van der Waals surface area (Å²) in [5, 5.41) is 12.0. The molecule has 2 unspecified atom stereocenters. The van der Waals surface area contributed by atoms with Crippen LogP contribution in [0.5, 0.6) is 0 Å². The predicted octanol–water partition coefficient (Wildman–Crippen LogP) is 13.6. The molecule has 1 amide bonds. The molecule has 0 aromatic heterocycles. The molecule has 0 bridgehead atoms. The van der Waals surface area contributed by atoms with Gasteiger partial charge >= 0.3 is 11.9 Å². The van der Waals surface area contributed by atoms with Crippen LogP contribution in [0.15, 0.2) is 24.3 Å². The van der Waals surface area contributed by atoms with Gasteiger partial charge in [0, 0.05) is 12.8 Å². The van der Waals surface area contributed by atoms with Gasteiger partial charge in [0.15, 0.2) is 0 Å². The average molecular weight is 775 g/mol. The van der Waals surface area contributed by atoms with Gasteiger partial charge in [-0.15, -0.1) is 0 Å². The number of hydrogen-bond acceptors (Lipinski definition) is 5. The first-order valence-electron chi connectivity index (χ1n) is 23.7.